The third-order valence-corrected chi connectivity index (χ3v) is 5.05. The summed E-state index contributed by atoms with van der Waals surface area (Å²) in [5.41, 5.74) is 0. The lowest BCUT2D eigenvalue weighted by Gasteiger charge is -2.32. The lowest BCUT2D eigenvalue weighted by atomic mass is 10.0. The van der Waals surface area contributed by atoms with Crippen LogP contribution in [-0.4, -0.2) is 50.2 Å². The Hall–Kier alpha value is -1.14. The summed E-state index contributed by atoms with van der Waals surface area (Å²) in [4.78, 5) is 6.98. The predicted octanol–water partition coefficient (Wildman–Crippen LogP) is 2.16. The fraction of sp³-hybridized carbons (Fsp3) is 0.667. The molecule has 1 N–H and O–H groups in total. The molecule has 0 aliphatic carbocycles. The molecule has 21 heavy (non-hydrogen) atoms. The van der Waals surface area contributed by atoms with Crippen LogP contribution in [0.2, 0.25) is 0 Å². The first kappa shape index (κ1) is 16.2. The van der Waals surface area contributed by atoms with Gasteiger partial charge in [0.05, 0.1) is 0 Å². The maximum Gasteiger partial charge on any atom is 0.179 e. The number of anilines is 1. The number of nitrogens with zero attached hydrogens (tertiary/aromatic N) is 2. The van der Waals surface area contributed by atoms with E-state index in [0.717, 1.165) is 25.9 Å². The molecular formula is C15H25N3O2S. The Kier molecular flexibility index (Phi) is 5.58. The van der Waals surface area contributed by atoms with E-state index in [-0.39, 0.29) is 0 Å². The highest BCUT2D eigenvalue weighted by Crippen LogP contribution is 2.21. The second-order valence-corrected chi connectivity index (χ2v) is 7.72. The van der Waals surface area contributed by atoms with Gasteiger partial charge in [-0.15, -0.1) is 0 Å². The average Bonchev–Trinajstić information content (AvgIpc) is 2.46. The zero-order valence-electron chi connectivity index (χ0n) is 12.9. The minimum Gasteiger partial charge on any atom is -0.366 e. The highest BCUT2D eigenvalue weighted by molar-refractivity contribution is 7.90. The summed E-state index contributed by atoms with van der Waals surface area (Å²) in [6.45, 7) is 5.51. The van der Waals surface area contributed by atoms with Gasteiger partial charge in [-0.3, -0.25) is 0 Å². The van der Waals surface area contributed by atoms with Crippen LogP contribution in [0.25, 0.3) is 0 Å². The molecule has 2 rings (SSSR count). The summed E-state index contributed by atoms with van der Waals surface area (Å²) < 4.78 is 23.6. The predicted molar refractivity (Wildman–Crippen MR) is 85.3 cm³/mol. The van der Waals surface area contributed by atoms with Gasteiger partial charge in [0.15, 0.2) is 9.84 Å². The Labute approximate surface area is 127 Å². The molecule has 0 aromatic carbocycles. The number of likely N-dealkylation sites (tertiary alicyclic amines) is 1. The molecule has 1 aromatic heterocycles. The van der Waals surface area contributed by atoms with E-state index in [1.54, 1.807) is 18.3 Å². The number of hydrogen-bond donors (Lipinski definition) is 1. The molecular weight excluding hydrogens is 286 g/mol. The van der Waals surface area contributed by atoms with Crippen LogP contribution in [0.3, 0.4) is 0 Å². The molecule has 0 unspecified atom stereocenters. The maximum atomic E-state index is 11.8. The fourth-order valence-electron chi connectivity index (χ4n) is 2.67. The normalized spacial score (nSPS) is 17.8. The first-order valence-corrected chi connectivity index (χ1v) is 9.54. The van der Waals surface area contributed by atoms with Crippen molar-refractivity contribution in [3.8, 4) is 0 Å². The van der Waals surface area contributed by atoms with E-state index < -0.39 is 9.84 Å². The number of nitrogens with one attached hydrogen (secondary N) is 1. The topological polar surface area (TPSA) is 62.3 Å². The summed E-state index contributed by atoms with van der Waals surface area (Å²) >= 11 is 0. The molecule has 1 aromatic rings. The van der Waals surface area contributed by atoms with E-state index in [4.69, 9.17) is 0 Å². The van der Waals surface area contributed by atoms with E-state index in [1.807, 2.05) is 0 Å². The van der Waals surface area contributed by atoms with Gasteiger partial charge in [-0.05, 0) is 37.9 Å². The molecule has 1 aliphatic heterocycles. The van der Waals surface area contributed by atoms with Gasteiger partial charge >= 0.3 is 0 Å². The zero-order chi connectivity index (χ0) is 15.3. The van der Waals surface area contributed by atoms with Gasteiger partial charge in [0.1, 0.15) is 10.7 Å². The SMILES string of the molecule is CCCCN1CCC(Nc2ncccc2S(C)(=O)=O)CC1. The number of sulfone groups is 1. The highest BCUT2D eigenvalue weighted by Gasteiger charge is 2.21. The smallest absolute Gasteiger partial charge is 0.179 e. The van der Waals surface area contributed by atoms with Gasteiger partial charge in [0.2, 0.25) is 0 Å². The second-order valence-electron chi connectivity index (χ2n) is 5.74. The Morgan fingerprint density at radius 2 is 2.10 bits per heavy atom. The first-order chi connectivity index (χ1) is 10.0. The summed E-state index contributed by atoms with van der Waals surface area (Å²) in [5, 5.41) is 3.32. The zero-order valence-corrected chi connectivity index (χ0v) is 13.7. The summed E-state index contributed by atoms with van der Waals surface area (Å²) in [6.07, 6.45) is 7.39. The van der Waals surface area contributed by atoms with Crippen molar-refractivity contribution >= 4 is 15.7 Å². The largest absolute Gasteiger partial charge is 0.366 e. The van der Waals surface area contributed by atoms with Gasteiger partial charge in [0, 0.05) is 31.6 Å². The Morgan fingerprint density at radius 1 is 1.38 bits per heavy atom. The lowest BCUT2D eigenvalue weighted by Crippen LogP contribution is -2.39. The van der Waals surface area contributed by atoms with Gasteiger partial charge < -0.3 is 10.2 Å². The van der Waals surface area contributed by atoms with Gasteiger partial charge in [-0.2, -0.15) is 0 Å². The number of unbranched alkanes of at least 4 members (excludes halogenated alkanes) is 1. The van der Waals surface area contributed by atoms with Crippen molar-refractivity contribution in [1.29, 1.82) is 0 Å². The van der Waals surface area contributed by atoms with Crippen LogP contribution in [0.5, 0.6) is 0 Å². The molecule has 6 heteroatoms. The monoisotopic (exact) mass is 311 g/mol. The van der Waals surface area contributed by atoms with Crippen molar-refractivity contribution in [3.63, 3.8) is 0 Å². The maximum absolute atomic E-state index is 11.8. The van der Waals surface area contributed by atoms with E-state index in [9.17, 15) is 8.42 Å². The van der Waals surface area contributed by atoms with Crippen LogP contribution in [0, 0.1) is 0 Å². The van der Waals surface area contributed by atoms with Crippen molar-refractivity contribution in [3.05, 3.63) is 18.3 Å². The average molecular weight is 311 g/mol. The molecule has 0 bridgehead atoms. The quantitative estimate of drug-likeness (QED) is 0.872. The number of piperidine rings is 1. The number of pyridine rings is 1. The molecule has 0 atom stereocenters. The highest BCUT2D eigenvalue weighted by atomic mass is 32.2. The van der Waals surface area contributed by atoms with Crippen molar-refractivity contribution in [2.45, 2.75) is 43.5 Å². The molecule has 0 spiro atoms. The van der Waals surface area contributed by atoms with Gasteiger partial charge in [-0.25, -0.2) is 13.4 Å². The summed E-state index contributed by atoms with van der Waals surface area (Å²) in [7, 11) is -3.24. The van der Waals surface area contributed by atoms with E-state index in [1.165, 1.54) is 25.6 Å². The number of rotatable bonds is 6. The van der Waals surface area contributed by atoms with E-state index in [2.05, 4.69) is 22.1 Å². The third kappa shape index (κ3) is 4.68. The van der Waals surface area contributed by atoms with Crippen molar-refractivity contribution in [2.75, 3.05) is 31.2 Å². The van der Waals surface area contributed by atoms with E-state index in [0.29, 0.717) is 16.8 Å². The van der Waals surface area contributed by atoms with Crippen LogP contribution in [-0.2, 0) is 9.84 Å². The van der Waals surface area contributed by atoms with E-state index >= 15 is 0 Å². The second kappa shape index (κ2) is 7.22. The number of aromatic nitrogens is 1. The Balaban J connectivity index is 1.95. The summed E-state index contributed by atoms with van der Waals surface area (Å²) in [6, 6.07) is 3.58. The minimum absolute atomic E-state index is 0.290. The van der Waals surface area contributed by atoms with Crippen LogP contribution in [0.1, 0.15) is 32.6 Å². The Bertz CT molecular complexity index is 552. The summed E-state index contributed by atoms with van der Waals surface area (Å²) in [5.74, 6) is 0.493. The standard InChI is InChI=1S/C15H25N3O2S/c1-3-4-10-18-11-7-13(8-12-18)17-15-14(21(2,19)20)6-5-9-16-15/h5-6,9,13H,3-4,7-8,10-12H2,1-2H3,(H,16,17). The number of hydrogen-bond acceptors (Lipinski definition) is 5. The van der Waals surface area contributed by atoms with Crippen LogP contribution in [0.15, 0.2) is 23.2 Å². The first-order valence-electron chi connectivity index (χ1n) is 7.64. The molecule has 1 fully saturated rings. The van der Waals surface area contributed by atoms with Crippen molar-refractivity contribution in [2.24, 2.45) is 0 Å². The van der Waals surface area contributed by atoms with Gasteiger partial charge in [0.25, 0.3) is 0 Å². The molecule has 1 saturated heterocycles. The minimum atomic E-state index is -3.24. The Morgan fingerprint density at radius 3 is 2.71 bits per heavy atom. The van der Waals surface area contributed by atoms with Crippen molar-refractivity contribution in [1.82, 2.24) is 9.88 Å². The molecule has 1 aliphatic rings. The van der Waals surface area contributed by atoms with Crippen LogP contribution >= 0.6 is 0 Å². The molecule has 2 heterocycles. The van der Waals surface area contributed by atoms with Crippen molar-refractivity contribution < 1.29 is 8.42 Å². The molecule has 0 saturated carbocycles. The lowest BCUT2D eigenvalue weighted by molar-refractivity contribution is 0.216. The van der Waals surface area contributed by atoms with Gasteiger partial charge in [-0.1, -0.05) is 13.3 Å². The molecule has 5 nitrogen and oxygen atoms in total. The molecule has 0 amide bonds. The molecule has 118 valence electrons. The van der Waals surface area contributed by atoms with Crippen LogP contribution < -0.4 is 5.32 Å². The fourth-order valence-corrected chi connectivity index (χ4v) is 3.46. The molecule has 0 radical (unpaired) electrons. The van der Waals surface area contributed by atoms with Crippen LogP contribution in [0.4, 0.5) is 5.82 Å². The third-order valence-electron chi connectivity index (χ3n) is 3.93.